The van der Waals surface area contributed by atoms with E-state index in [2.05, 4.69) is 48.6 Å². The topological polar surface area (TPSA) is 61.8 Å². The first kappa shape index (κ1) is 35.9. The molecular weight excluding hydrogens is 692 g/mol. The van der Waals surface area contributed by atoms with Crippen LogP contribution in [0.1, 0.15) is 41.7 Å². The average molecular weight is 731 g/mol. The summed E-state index contributed by atoms with van der Waals surface area (Å²) in [6.45, 7) is 2.53. The van der Waals surface area contributed by atoms with Crippen LogP contribution in [0.4, 0.5) is 11.4 Å². The van der Waals surface area contributed by atoms with Crippen molar-refractivity contribution in [3.63, 3.8) is 0 Å². The summed E-state index contributed by atoms with van der Waals surface area (Å²) in [7, 11) is -2.74. The normalized spacial score (nSPS) is 11.7. The molecule has 51 heavy (non-hydrogen) atoms. The summed E-state index contributed by atoms with van der Waals surface area (Å²) in [4.78, 5) is 30.9. The quantitative estimate of drug-likeness (QED) is 0.101. The molecule has 0 saturated heterocycles. The number of carbonyl (C=O) groups excluding carboxylic acids is 2. The highest BCUT2D eigenvalue weighted by Gasteiger charge is 2.36. The summed E-state index contributed by atoms with van der Waals surface area (Å²) in [5.41, 5.74) is 2.10. The fraction of sp³-hybridized carbons (Fsp3) is 0.116. The summed E-state index contributed by atoms with van der Waals surface area (Å²) in [5, 5.41) is 7.34. The van der Waals surface area contributed by atoms with Crippen molar-refractivity contribution < 1.29 is 9.59 Å². The molecule has 2 amide bonds. The van der Waals surface area contributed by atoms with Crippen molar-refractivity contribution >= 4 is 69.4 Å². The van der Waals surface area contributed by atoms with Crippen LogP contribution < -0.4 is 26.1 Å². The SMILES string of the molecule is CCCCNC(=O)C(c1ccccc1N=P(c1ccccc1)(c1ccccc1)c1ccccc1)N(C(=O)c1ccc(Cl)cc1)c1ccc(Cl)cc1. The second-order valence-corrected chi connectivity index (χ2v) is 15.9. The Morgan fingerprint density at radius 3 is 1.63 bits per heavy atom. The van der Waals surface area contributed by atoms with Crippen LogP contribution >= 0.6 is 30.3 Å². The van der Waals surface area contributed by atoms with E-state index in [1.165, 1.54) is 0 Å². The van der Waals surface area contributed by atoms with Gasteiger partial charge >= 0.3 is 0 Å². The van der Waals surface area contributed by atoms with E-state index in [9.17, 15) is 9.59 Å². The van der Waals surface area contributed by atoms with Crippen LogP contribution in [-0.4, -0.2) is 18.4 Å². The number of anilines is 1. The van der Waals surface area contributed by atoms with Gasteiger partial charge in [-0.25, -0.2) is 0 Å². The van der Waals surface area contributed by atoms with Gasteiger partial charge in [0.15, 0.2) is 0 Å². The maximum Gasteiger partial charge on any atom is 0.259 e. The Bertz CT molecular complexity index is 2020. The van der Waals surface area contributed by atoms with Crippen LogP contribution in [0.15, 0.2) is 169 Å². The molecule has 6 rings (SSSR count). The molecule has 0 heterocycles. The van der Waals surface area contributed by atoms with E-state index >= 15 is 0 Å². The minimum Gasteiger partial charge on any atom is -0.354 e. The highest BCUT2D eigenvalue weighted by molar-refractivity contribution is 7.87. The Kier molecular flexibility index (Phi) is 11.9. The van der Waals surface area contributed by atoms with E-state index in [-0.39, 0.29) is 11.8 Å². The van der Waals surface area contributed by atoms with E-state index in [0.29, 0.717) is 39.1 Å². The third kappa shape index (κ3) is 8.02. The van der Waals surface area contributed by atoms with E-state index in [1.807, 2.05) is 78.9 Å². The summed E-state index contributed by atoms with van der Waals surface area (Å²) in [5.74, 6) is -0.680. The van der Waals surface area contributed by atoms with Gasteiger partial charge in [-0.05, 0) is 61.0 Å². The molecule has 1 atom stereocenters. The number of hydrogen-bond donors (Lipinski definition) is 1. The standard InChI is InChI=1S/C43H38Cl2N3O2P/c1-2-3-31-46-42(49)41(48(35-29-27-34(45)28-30-35)43(50)32-23-25-33(44)26-24-32)39-21-13-14-22-40(39)47-51(36-15-7-4-8-16-36,37-17-9-5-10-18-37)38-19-11-6-12-20-38/h4-30,41H,2-3,31H2,1H3,(H,46,49). The fourth-order valence-corrected chi connectivity index (χ4v) is 9.93. The minimum absolute atomic E-state index is 0.313. The Morgan fingerprint density at radius 1 is 0.647 bits per heavy atom. The molecule has 0 spiro atoms. The van der Waals surface area contributed by atoms with Gasteiger partial charge in [0.05, 0.1) is 12.7 Å². The second-order valence-electron chi connectivity index (χ2n) is 12.0. The van der Waals surface area contributed by atoms with Gasteiger partial charge in [0, 0.05) is 49.3 Å². The first-order chi connectivity index (χ1) is 24.9. The van der Waals surface area contributed by atoms with E-state index < -0.39 is 13.1 Å². The van der Waals surface area contributed by atoms with Crippen molar-refractivity contribution in [3.8, 4) is 0 Å². The lowest BCUT2D eigenvalue weighted by molar-refractivity contribution is -0.122. The maximum atomic E-state index is 14.7. The predicted octanol–water partition coefficient (Wildman–Crippen LogP) is 10.1. The highest BCUT2D eigenvalue weighted by Crippen LogP contribution is 2.50. The summed E-state index contributed by atoms with van der Waals surface area (Å²) < 4.78 is 5.79. The molecule has 5 nitrogen and oxygen atoms in total. The summed E-state index contributed by atoms with van der Waals surface area (Å²) in [6, 6.07) is 51.2. The van der Waals surface area contributed by atoms with Gasteiger partial charge in [-0.15, -0.1) is 0 Å². The Hall–Kier alpha value is -4.93. The van der Waals surface area contributed by atoms with Crippen LogP contribution in [0.5, 0.6) is 0 Å². The van der Waals surface area contributed by atoms with Gasteiger partial charge in [0.25, 0.3) is 5.91 Å². The number of rotatable bonds is 12. The van der Waals surface area contributed by atoms with Gasteiger partial charge in [-0.1, -0.05) is 146 Å². The zero-order valence-corrected chi connectivity index (χ0v) is 30.6. The highest BCUT2D eigenvalue weighted by atomic mass is 35.5. The van der Waals surface area contributed by atoms with Crippen molar-refractivity contribution in [1.82, 2.24) is 5.32 Å². The molecule has 0 aliphatic heterocycles. The number of halogens is 2. The molecule has 0 fully saturated rings. The number of hydrogen-bond acceptors (Lipinski definition) is 3. The van der Waals surface area contributed by atoms with Crippen LogP contribution in [0.2, 0.25) is 10.0 Å². The Morgan fingerprint density at radius 2 is 1.12 bits per heavy atom. The molecule has 8 heteroatoms. The second kappa shape index (κ2) is 16.9. The summed E-state index contributed by atoms with van der Waals surface area (Å²) in [6.07, 6.45) is 1.70. The predicted molar refractivity (Wildman–Crippen MR) is 214 cm³/mol. The number of amides is 2. The van der Waals surface area contributed by atoms with Gasteiger partial charge in [-0.2, -0.15) is 0 Å². The number of carbonyl (C=O) groups is 2. The molecule has 0 bridgehead atoms. The minimum atomic E-state index is -2.74. The molecule has 0 aliphatic rings. The third-order valence-electron chi connectivity index (χ3n) is 8.63. The zero-order valence-electron chi connectivity index (χ0n) is 28.2. The van der Waals surface area contributed by atoms with Crippen molar-refractivity contribution in [3.05, 3.63) is 185 Å². The van der Waals surface area contributed by atoms with Gasteiger partial charge in [-0.3, -0.25) is 19.2 Å². The van der Waals surface area contributed by atoms with Crippen LogP contribution in [0, 0.1) is 0 Å². The first-order valence-electron chi connectivity index (χ1n) is 16.9. The molecule has 0 aromatic heterocycles. The number of nitrogens with one attached hydrogen (secondary N) is 1. The molecule has 6 aromatic carbocycles. The van der Waals surface area contributed by atoms with Gasteiger partial charge in [0.1, 0.15) is 6.04 Å². The third-order valence-corrected chi connectivity index (χ3v) is 12.8. The van der Waals surface area contributed by atoms with Crippen LogP contribution in [0.3, 0.4) is 0 Å². The number of nitrogens with zero attached hydrogens (tertiary/aromatic N) is 2. The first-order valence-corrected chi connectivity index (χ1v) is 19.4. The molecular formula is C43H38Cl2N3O2P. The molecule has 1 unspecified atom stereocenters. The van der Waals surface area contributed by atoms with E-state index in [1.54, 1.807) is 53.4 Å². The molecule has 6 aromatic rings. The molecule has 1 N–H and O–H groups in total. The van der Waals surface area contributed by atoms with Gasteiger partial charge in [0.2, 0.25) is 5.91 Å². The number of unbranched alkanes of at least 4 members (excludes halogenated alkanes) is 1. The molecule has 0 aliphatic carbocycles. The molecule has 0 saturated carbocycles. The van der Waals surface area contributed by atoms with Crippen LogP contribution in [0.25, 0.3) is 0 Å². The van der Waals surface area contributed by atoms with Crippen molar-refractivity contribution in [2.45, 2.75) is 25.8 Å². The molecule has 0 radical (unpaired) electrons. The Labute approximate surface area is 310 Å². The fourth-order valence-electron chi connectivity index (χ4n) is 6.12. The molecule has 256 valence electrons. The van der Waals surface area contributed by atoms with Crippen molar-refractivity contribution in [1.29, 1.82) is 0 Å². The van der Waals surface area contributed by atoms with Gasteiger partial charge < -0.3 is 5.32 Å². The maximum absolute atomic E-state index is 14.7. The Balaban J connectivity index is 1.66. The largest absolute Gasteiger partial charge is 0.354 e. The van der Waals surface area contributed by atoms with E-state index in [0.717, 1.165) is 28.8 Å². The smallest absolute Gasteiger partial charge is 0.259 e. The lowest BCUT2D eigenvalue weighted by Gasteiger charge is -2.33. The zero-order chi connectivity index (χ0) is 35.6. The van der Waals surface area contributed by atoms with Crippen LogP contribution in [-0.2, 0) is 4.79 Å². The van der Waals surface area contributed by atoms with Crippen molar-refractivity contribution in [2.75, 3.05) is 11.4 Å². The number of benzene rings is 6. The lowest BCUT2D eigenvalue weighted by atomic mass is 10.00. The monoisotopic (exact) mass is 729 g/mol. The average Bonchev–Trinajstić information content (AvgIpc) is 3.18. The van der Waals surface area contributed by atoms with Crippen molar-refractivity contribution in [2.24, 2.45) is 4.74 Å². The summed E-state index contributed by atoms with van der Waals surface area (Å²) >= 11 is 12.6. The lowest BCUT2D eigenvalue weighted by Crippen LogP contribution is -2.44. The van der Waals surface area contributed by atoms with E-state index in [4.69, 9.17) is 27.9 Å².